The van der Waals surface area contributed by atoms with Crippen LogP contribution in [-0.2, 0) is 23.5 Å². The molecule has 1 aromatic heterocycles. The van der Waals surface area contributed by atoms with Crippen molar-refractivity contribution in [2.45, 2.75) is 32.1 Å². The van der Waals surface area contributed by atoms with E-state index < -0.39 is 10.0 Å². The quantitative estimate of drug-likeness (QED) is 0.638. The van der Waals surface area contributed by atoms with Gasteiger partial charge in [-0.2, -0.15) is 5.26 Å². The van der Waals surface area contributed by atoms with Crippen molar-refractivity contribution in [3.05, 3.63) is 87.2 Å². The van der Waals surface area contributed by atoms with Crippen molar-refractivity contribution >= 4 is 15.8 Å². The molecule has 0 fully saturated rings. The Balaban J connectivity index is 2.01. The van der Waals surface area contributed by atoms with Crippen LogP contribution in [0.3, 0.4) is 0 Å². The maximum absolute atomic E-state index is 13.2. The van der Waals surface area contributed by atoms with Crippen molar-refractivity contribution < 1.29 is 13.2 Å². The van der Waals surface area contributed by atoms with Gasteiger partial charge in [0.2, 0.25) is 15.8 Å². The summed E-state index contributed by atoms with van der Waals surface area (Å²) in [6, 6.07) is 14.0. The second kappa shape index (κ2) is 7.90. The van der Waals surface area contributed by atoms with Gasteiger partial charge in [-0.25, -0.2) is 13.6 Å². The summed E-state index contributed by atoms with van der Waals surface area (Å²) in [5.74, 6) is -0.0520. The molecule has 2 aromatic carbocycles. The molecular weight excluding hydrogens is 398 g/mol. The Morgan fingerprint density at radius 3 is 2.37 bits per heavy atom. The fourth-order valence-corrected chi connectivity index (χ4v) is 4.25. The van der Waals surface area contributed by atoms with Gasteiger partial charge in [-0.3, -0.25) is 4.79 Å². The largest absolute Gasteiger partial charge is 0.344 e. The molecule has 0 saturated heterocycles. The van der Waals surface area contributed by atoms with Gasteiger partial charge in [0.1, 0.15) is 0 Å². The van der Waals surface area contributed by atoms with E-state index in [9.17, 15) is 18.5 Å². The highest BCUT2D eigenvalue weighted by molar-refractivity contribution is 7.89. The molecule has 6 nitrogen and oxygen atoms in total. The van der Waals surface area contributed by atoms with Crippen LogP contribution < -0.4 is 5.14 Å². The summed E-state index contributed by atoms with van der Waals surface area (Å²) >= 11 is 0. The number of carbonyl (C=O) groups is 1. The van der Waals surface area contributed by atoms with Gasteiger partial charge in [0.05, 0.1) is 22.2 Å². The first-order valence-electron chi connectivity index (χ1n) is 9.36. The minimum absolute atomic E-state index is 0.0520. The Morgan fingerprint density at radius 1 is 1.07 bits per heavy atom. The van der Waals surface area contributed by atoms with Gasteiger partial charge in [0.25, 0.3) is 0 Å². The Kier molecular flexibility index (Phi) is 5.66. The summed E-state index contributed by atoms with van der Waals surface area (Å²) in [4.78, 5) is 13.1. The Bertz CT molecular complexity index is 1310. The number of carbonyl (C=O) groups excluding carboxylic acids is 1. The van der Waals surface area contributed by atoms with E-state index in [-0.39, 0.29) is 16.2 Å². The average molecular weight is 422 g/mol. The van der Waals surface area contributed by atoms with Gasteiger partial charge in [-0.05, 0) is 55.7 Å². The average Bonchev–Trinajstić information content (AvgIpc) is 2.94. The second-order valence-corrected chi connectivity index (χ2v) is 9.09. The first-order valence-corrected chi connectivity index (χ1v) is 10.9. The normalized spacial score (nSPS) is 11.3. The lowest BCUT2D eigenvalue weighted by Crippen LogP contribution is -2.13. The maximum Gasteiger partial charge on any atom is 0.238 e. The van der Waals surface area contributed by atoms with E-state index in [0.29, 0.717) is 23.2 Å². The van der Waals surface area contributed by atoms with Gasteiger partial charge < -0.3 is 4.57 Å². The highest BCUT2D eigenvalue weighted by atomic mass is 32.2. The number of aryl methyl sites for hydroxylation is 3. The molecule has 0 atom stereocenters. The second-order valence-electron chi connectivity index (χ2n) is 7.53. The molecule has 0 aliphatic heterocycles. The van der Waals surface area contributed by atoms with E-state index in [2.05, 4.69) is 0 Å². The molecule has 30 heavy (non-hydrogen) atoms. The van der Waals surface area contributed by atoms with Crippen LogP contribution >= 0.6 is 0 Å². The van der Waals surface area contributed by atoms with Gasteiger partial charge in [0, 0.05) is 24.7 Å². The van der Waals surface area contributed by atoms with Crippen molar-refractivity contribution in [2.75, 3.05) is 0 Å². The summed E-state index contributed by atoms with van der Waals surface area (Å²) in [5.41, 5.74) is 5.87. The molecule has 0 bridgehead atoms. The Labute approximate surface area is 176 Å². The monoisotopic (exact) mass is 421 g/mol. The number of hydrogen-bond donors (Lipinski definition) is 1. The number of nitrogens with two attached hydrogens (primary N) is 1. The lowest BCUT2D eigenvalue weighted by atomic mass is 9.99. The summed E-state index contributed by atoms with van der Waals surface area (Å²) in [7, 11) is -2.06. The predicted octanol–water partition coefficient (Wildman–Crippen LogP) is 3.29. The Morgan fingerprint density at radius 2 is 1.77 bits per heavy atom. The van der Waals surface area contributed by atoms with Crippen LogP contribution in [0.2, 0.25) is 0 Å². The smallest absolute Gasteiger partial charge is 0.238 e. The SMILES string of the molecule is Cc1ccc(C(=O)c2c(C)cc(Cc3ccc(S(N)(=O)=O)cc3C#N)n2C)c(C)c1. The minimum atomic E-state index is -3.89. The van der Waals surface area contributed by atoms with E-state index >= 15 is 0 Å². The number of sulfonamides is 1. The van der Waals surface area contributed by atoms with Crippen LogP contribution in [0.15, 0.2) is 47.4 Å². The zero-order valence-corrected chi connectivity index (χ0v) is 18.2. The molecular formula is C23H23N3O3S. The van der Waals surface area contributed by atoms with Gasteiger partial charge in [-0.1, -0.05) is 29.8 Å². The van der Waals surface area contributed by atoms with E-state index in [1.807, 2.05) is 62.7 Å². The van der Waals surface area contributed by atoms with Crippen molar-refractivity contribution in [2.24, 2.45) is 12.2 Å². The van der Waals surface area contributed by atoms with Crippen LogP contribution in [0.25, 0.3) is 0 Å². The molecule has 154 valence electrons. The molecule has 0 unspecified atom stereocenters. The number of nitriles is 1. The van der Waals surface area contributed by atoms with E-state index in [4.69, 9.17) is 5.14 Å². The van der Waals surface area contributed by atoms with Gasteiger partial charge >= 0.3 is 0 Å². The summed E-state index contributed by atoms with van der Waals surface area (Å²) in [5, 5.41) is 14.6. The molecule has 1 heterocycles. The molecule has 0 amide bonds. The number of benzene rings is 2. The standard InChI is InChI=1S/C23H23N3O3S/c1-14-5-8-21(15(2)9-14)23(27)22-16(3)10-19(26(22)4)11-17-6-7-20(30(25,28)29)12-18(17)13-24/h5-10,12H,11H2,1-4H3,(H2,25,28,29). The van der Waals surface area contributed by atoms with Crippen molar-refractivity contribution in [3.63, 3.8) is 0 Å². The van der Waals surface area contributed by atoms with Crippen LogP contribution in [-0.4, -0.2) is 18.8 Å². The highest BCUT2D eigenvalue weighted by Gasteiger charge is 2.21. The number of ketones is 1. The van der Waals surface area contributed by atoms with Gasteiger partial charge in [-0.15, -0.1) is 0 Å². The lowest BCUT2D eigenvalue weighted by Gasteiger charge is -2.11. The molecule has 0 aliphatic rings. The maximum atomic E-state index is 13.2. The van der Waals surface area contributed by atoms with Crippen LogP contribution in [0.4, 0.5) is 0 Å². The minimum Gasteiger partial charge on any atom is -0.344 e. The summed E-state index contributed by atoms with van der Waals surface area (Å²) in [6.45, 7) is 5.79. The molecule has 0 aliphatic carbocycles. The molecule has 0 radical (unpaired) electrons. The predicted molar refractivity (Wildman–Crippen MR) is 115 cm³/mol. The topological polar surface area (TPSA) is 106 Å². The highest BCUT2D eigenvalue weighted by Crippen LogP contribution is 2.24. The number of hydrogen-bond acceptors (Lipinski definition) is 4. The fraction of sp³-hybridized carbons (Fsp3) is 0.217. The van der Waals surface area contributed by atoms with Crippen molar-refractivity contribution in [1.29, 1.82) is 5.26 Å². The zero-order valence-electron chi connectivity index (χ0n) is 17.4. The van der Waals surface area contributed by atoms with Crippen LogP contribution in [0, 0.1) is 32.1 Å². The first kappa shape index (κ1) is 21.5. The van der Waals surface area contributed by atoms with Crippen molar-refractivity contribution in [3.8, 4) is 6.07 Å². The third-order valence-electron chi connectivity index (χ3n) is 5.27. The fourth-order valence-electron chi connectivity index (χ4n) is 3.71. The zero-order chi connectivity index (χ0) is 22.2. The van der Waals surface area contributed by atoms with E-state index in [0.717, 1.165) is 22.4 Å². The Hall–Kier alpha value is -3.21. The third-order valence-corrected chi connectivity index (χ3v) is 6.18. The van der Waals surface area contributed by atoms with E-state index in [1.165, 1.54) is 12.1 Å². The van der Waals surface area contributed by atoms with Crippen molar-refractivity contribution in [1.82, 2.24) is 4.57 Å². The number of rotatable bonds is 5. The van der Waals surface area contributed by atoms with Gasteiger partial charge in [0.15, 0.2) is 0 Å². The third kappa shape index (κ3) is 4.06. The molecule has 3 aromatic rings. The first-order chi connectivity index (χ1) is 14.0. The molecule has 3 rings (SSSR count). The number of nitrogens with zero attached hydrogens (tertiary/aromatic N) is 2. The number of aromatic nitrogens is 1. The summed E-state index contributed by atoms with van der Waals surface area (Å²) < 4.78 is 25.0. The van der Waals surface area contributed by atoms with Crippen LogP contribution in [0.5, 0.6) is 0 Å². The molecule has 2 N–H and O–H groups in total. The number of primary sulfonamides is 1. The molecule has 0 saturated carbocycles. The molecule has 7 heteroatoms. The lowest BCUT2D eigenvalue weighted by molar-refractivity contribution is 0.103. The van der Waals surface area contributed by atoms with E-state index in [1.54, 1.807) is 6.07 Å². The molecule has 0 spiro atoms. The van der Waals surface area contributed by atoms with Crippen LogP contribution in [0.1, 0.15) is 49.6 Å². The summed E-state index contributed by atoms with van der Waals surface area (Å²) in [6.07, 6.45) is 0.380.